The molecule has 0 radical (unpaired) electrons. The highest BCUT2D eigenvalue weighted by atomic mass is 16.9. The Morgan fingerprint density at radius 2 is 1.53 bits per heavy atom. The monoisotopic (exact) mass is 248 g/mol. The van der Waals surface area contributed by atoms with Crippen molar-refractivity contribution < 1.29 is 19.9 Å². The van der Waals surface area contributed by atoms with Gasteiger partial charge in [0, 0.05) is 13.2 Å². The van der Waals surface area contributed by atoms with Crippen LogP contribution >= 0.6 is 0 Å². The summed E-state index contributed by atoms with van der Waals surface area (Å²) in [6.07, 6.45) is 4.54. The van der Waals surface area contributed by atoms with Crippen LogP contribution in [-0.4, -0.2) is 41.9 Å². The molecule has 0 aromatic rings. The van der Waals surface area contributed by atoms with Gasteiger partial charge in [-0.2, -0.15) is 0 Å². The first kappa shape index (κ1) is 16.2. The molecule has 0 atom stereocenters. The van der Waals surface area contributed by atoms with E-state index in [4.69, 9.17) is 25.6 Å². The lowest BCUT2D eigenvalue weighted by Gasteiger charge is -2.22. The van der Waals surface area contributed by atoms with Gasteiger partial charge >= 0.3 is 0 Å². The van der Waals surface area contributed by atoms with Gasteiger partial charge in [-0.25, -0.2) is 9.68 Å². The van der Waals surface area contributed by atoms with Crippen molar-refractivity contribution in [3.8, 4) is 0 Å². The number of aliphatic hydroxyl groups is 2. The molecule has 0 unspecified atom stereocenters. The lowest BCUT2D eigenvalue weighted by Crippen LogP contribution is -2.29. The van der Waals surface area contributed by atoms with Crippen molar-refractivity contribution in [3.63, 3.8) is 0 Å². The number of allylic oxidation sites excluding steroid dienone is 1. The molecule has 102 valence electrons. The van der Waals surface area contributed by atoms with Crippen LogP contribution in [-0.2, 0) is 9.68 Å². The van der Waals surface area contributed by atoms with Crippen LogP contribution in [0.3, 0.4) is 0 Å². The van der Waals surface area contributed by atoms with E-state index in [1.54, 1.807) is 13.0 Å². The zero-order valence-corrected chi connectivity index (χ0v) is 10.5. The summed E-state index contributed by atoms with van der Waals surface area (Å²) in [6, 6.07) is 0. The number of nitrogens with zero attached hydrogens (tertiary/aromatic N) is 1. The molecule has 4 N–H and O–H groups in total. The molecule has 0 saturated heterocycles. The summed E-state index contributed by atoms with van der Waals surface area (Å²) in [6.45, 7) is 2.97. The maximum Gasteiger partial charge on any atom is 0.150 e. The van der Waals surface area contributed by atoms with Gasteiger partial charge in [0.05, 0.1) is 13.2 Å². The maximum atomic E-state index is 8.63. The number of hydroxylamine groups is 2. The predicted molar refractivity (Wildman–Crippen MR) is 64.3 cm³/mol. The predicted octanol–water partition coefficient (Wildman–Crippen LogP) is 0.517. The molecule has 0 bridgehead atoms. The quantitative estimate of drug-likeness (QED) is 0.365. The van der Waals surface area contributed by atoms with Crippen molar-refractivity contribution >= 4 is 0 Å². The van der Waals surface area contributed by atoms with Crippen molar-refractivity contribution in [2.24, 2.45) is 5.73 Å². The fourth-order valence-corrected chi connectivity index (χ4v) is 1.01. The molecule has 0 saturated carbocycles. The minimum Gasteiger partial charge on any atom is -0.396 e. The molecule has 0 spiro atoms. The second-order valence-corrected chi connectivity index (χ2v) is 3.50. The van der Waals surface area contributed by atoms with Crippen LogP contribution in [0.5, 0.6) is 0 Å². The van der Waals surface area contributed by atoms with E-state index in [-0.39, 0.29) is 13.2 Å². The van der Waals surface area contributed by atoms with Gasteiger partial charge in [0.1, 0.15) is 0 Å². The van der Waals surface area contributed by atoms with Gasteiger partial charge < -0.3 is 15.9 Å². The van der Waals surface area contributed by atoms with E-state index < -0.39 is 0 Å². The molecular formula is C11H24N2O4. The van der Waals surface area contributed by atoms with E-state index in [0.29, 0.717) is 31.9 Å². The topological polar surface area (TPSA) is 88.2 Å². The zero-order chi connectivity index (χ0) is 12.9. The Morgan fingerprint density at radius 1 is 1.06 bits per heavy atom. The fraction of sp³-hybridized carbons (Fsp3) is 0.818. The van der Waals surface area contributed by atoms with Crippen LogP contribution in [0.25, 0.3) is 0 Å². The third kappa shape index (κ3) is 8.93. The van der Waals surface area contributed by atoms with Crippen LogP contribution < -0.4 is 5.73 Å². The highest BCUT2D eigenvalue weighted by Gasteiger charge is 2.07. The number of hydrogen-bond acceptors (Lipinski definition) is 6. The third-order valence-electron chi connectivity index (χ3n) is 2.03. The highest BCUT2D eigenvalue weighted by molar-refractivity contribution is 4.86. The van der Waals surface area contributed by atoms with Crippen molar-refractivity contribution in [2.75, 3.05) is 26.4 Å². The van der Waals surface area contributed by atoms with Crippen LogP contribution in [0.1, 0.15) is 32.6 Å². The minimum atomic E-state index is 0.153. The zero-order valence-electron chi connectivity index (χ0n) is 10.5. The maximum absolute atomic E-state index is 8.63. The van der Waals surface area contributed by atoms with Crippen LogP contribution in [0.15, 0.2) is 11.9 Å². The Kier molecular flexibility index (Phi) is 11.1. The molecule has 6 nitrogen and oxygen atoms in total. The van der Waals surface area contributed by atoms with Gasteiger partial charge in [-0.1, -0.05) is 0 Å². The van der Waals surface area contributed by atoms with E-state index in [1.807, 2.05) is 0 Å². The minimum absolute atomic E-state index is 0.153. The van der Waals surface area contributed by atoms with Gasteiger partial charge in [-0.15, -0.1) is 5.23 Å². The van der Waals surface area contributed by atoms with Crippen LogP contribution in [0, 0.1) is 0 Å². The summed E-state index contributed by atoms with van der Waals surface area (Å²) in [7, 11) is 0. The van der Waals surface area contributed by atoms with Gasteiger partial charge in [-0.05, 0) is 38.7 Å². The highest BCUT2D eigenvalue weighted by Crippen LogP contribution is 2.03. The van der Waals surface area contributed by atoms with Crippen LogP contribution in [0.4, 0.5) is 0 Å². The van der Waals surface area contributed by atoms with Crippen molar-refractivity contribution in [1.29, 1.82) is 0 Å². The molecule has 17 heavy (non-hydrogen) atoms. The summed E-state index contributed by atoms with van der Waals surface area (Å²) in [5, 5.41) is 18.4. The lowest BCUT2D eigenvalue weighted by molar-refractivity contribution is -0.346. The van der Waals surface area contributed by atoms with Crippen molar-refractivity contribution in [3.05, 3.63) is 11.9 Å². The van der Waals surface area contributed by atoms with E-state index in [9.17, 15) is 0 Å². The number of nitrogens with two attached hydrogens (primary N) is 1. The first-order valence-corrected chi connectivity index (χ1v) is 5.95. The largest absolute Gasteiger partial charge is 0.396 e. The molecule has 0 aromatic heterocycles. The molecule has 6 heteroatoms. The molecular weight excluding hydrogens is 224 g/mol. The number of rotatable bonds is 11. The SMILES string of the molecule is CC=C(N)N(OCCCCO)OCCCCO. The number of aliphatic hydroxyl groups excluding tert-OH is 2. The second-order valence-electron chi connectivity index (χ2n) is 3.50. The fourth-order valence-electron chi connectivity index (χ4n) is 1.01. The first-order valence-electron chi connectivity index (χ1n) is 5.95. The Morgan fingerprint density at radius 3 is 1.88 bits per heavy atom. The van der Waals surface area contributed by atoms with Gasteiger partial charge in [0.2, 0.25) is 0 Å². The van der Waals surface area contributed by atoms with E-state index in [0.717, 1.165) is 12.8 Å². The average Bonchev–Trinajstić information content (AvgIpc) is 2.36. The Balaban J connectivity index is 3.81. The third-order valence-corrected chi connectivity index (χ3v) is 2.03. The van der Waals surface area contributed by atoms with Crippen molar-refractivity contribution in [1.82, 2.24) is 5.23 Å². The average molecular weight is 248 g/mol. The summed E-state index contributed by atoms with van der Waals surface area (Å²) in [4.78, 5) is 10.6. The summed E-state index contributed by atoms with van der Waals surface area (Å²) in [5.74, 6) is 0.387. The van der Waals surface area contributed by atoms with E-state index in [2.05, 4.69) is 0 Å². The molecule has 0 heterocycles. The molecule has 0 aliphatic heterocycles. The van der Waals surface area contributed by atoms with Crippen molar-refractivity contribution in [2.45, 2.75) is 32.6 Å². The number of unbranched alkanes of at least 4 members (excludes halogenated alkanes) is 2. The normalized spacial score (nSPS) is 11.8. The van der Waals surface area contributed by atoms with E-state index >= 15 is 0 Å². The molecule has 0 amide bonds. The summed E-state index contributed by atoms with van der Waals surface area (Å²) >= 11 is 0. The molecule has 0 aliphatic carbocycles. The molecule has 0 fully saturated rings. The molecule has 0 aliphatic rings. The van der Waals surface area contributed by atoms with Gasteiger partial charge in [0.15, 0.2) is 5.82 Å². The van der Waals surface area contributed by atoms with Crippen LogP contribution in [0.2, 0.25) is 0 Å². The lowest BCUT2D eigenvalue weighted by atomic mass is 10.3. The van der Waals surface area contributed by atoms with E-state index in [1.165, 1.54) is 5.23 Å². The van der Waals surface area contributed by atoms with Gasteiger partial charge in [-0.3, -0.25) is 0 Å². The first-order chi connectivity index (χ1) is 8.26. The smallest absolute Gasteiger partial charge is 0.150 e. The Labute approximate surface area is 103 Å². The Hall–Kier alpha value is -0.820. The molecule has 0 rings (SSSR count). The summed E-state index contributed by atoms with van der Waals surface area (Å²) in [5.41, 5.74) is 5.68. The standard InChI is InChI=1S/C11H24N2O4/c1-2-11(12)13(16-9-5-3-7-14)17-10-6-4-8-15/h2,14-15H,3-10,12H2,1H3. The Bertz CT molecular complexity index is 188. The molecule has 0 aromatic carbocycles. The second kappa shape index (κ2) is 11.7. The number of hydrogen-bond donors (Lipinski definition) is 3. The van der Waals surface area contributed by atoms with Gasteiger partial charge in [0.25, 0.3) is 0 Å². The summed E-state index contributed by atoms with van der Waals surface area (Å²) < 4.78 is 0.